The fraction of sp³-hybridized carbons (Fsp3) is 0.478. The van der Waals surface area contributed by atoms with E-state index >= 15 is 0 Å². The Morgan fingerprint density at radius 2 is 1.86 bits per heavy atom. The van der Waals surface area contributed by atoms with E-state index in [1.54, 1.807) is 0 Å². The van der Waals surface area contributed by atoms with E-state index in [2.05, 4.69) is 25.1 Å². The molecular formula is C23H26B2O3. The minimum atomic E-state index is -1.10. The third-order valence-corrected chi connectivity index (χ3v) is 6.26. The normalized spacial score (nSPS) is 24.5. The topological polar surface area (TPSA) is 49.7 Å². The number of ether oxygens (including phenoxy) is 1. The summed E-state index contributed by atoms with van der Waals surface area (Å²) in [5.74, 6) is 0. The van der Waals surface area contributed by atoms with Gasteiger partial charge in [0.25, 0.3) is 0 Å². The molecule has 5 heteroatoms. The van der Waals surface area contributed by atoms with E-state index < -0.39 is 11.3 Å². The van der Waals surface area contributed by atoms with Gasteiger partial charge in [-0.05, 0) is 41.5 Å². The lowest BCUT2D eigenvalue weighted by atomic mass is 9.47. The molecule has 0 spiro atoms. The van der Waals surface area contributed by atoms with E-state index in [0.717, 1.165) is 41.5 Å². The molecular weight excluding hydrogens is 346 g/mol. The molecule has 2 aromatic carbocycles. The summed E-state index contributed by atoms with van der Waals surface area (Å²) in [6.07, 6.45) is 2.87. The van der Waals surface area contributed by atoms with Crippen molar-refractivity contribution in [3.8, 4) is 0 Å². The van der Waals surface area contributed by atoms with Crippen LogP contribution in [0.5, 0.6) is 0 Å². The first-order valence-electron chi connectivity index (χ1n) is 10.2. The monoisotopic (exact) mass is 372 g/mol. The molecule has 0 bridgehead atoms. The van der Waals surface area contributed by atoms with E-state index in [4.69, 9.17) is 20.4 Å². The van der Waals surface area contributed by atoms with E-state index in [0.29, 0.717) is 12.8 Å². The standard InChI is InChI=1S/C23H26B2O3/c1-2-14-3-6-17(22-12-19(27)11-20(13-26)28-22)10-21(14)23(24,25)18-8-7-15-4-5-16(15)9-18/h3,6-10,19-20,22,26-27H,2,4-5,11-13H2,1H3. The Kier molecular flexibility index (Phi) is 5.43. The predicted molar refractivity (Wildman–Crippen MR) is 112 cm³/mol. The maximum Gasteiger partial charge on any atom is 0.0854 e. The first-order valence-corrected chi connectivity index (χ1v) is 10.2. The molecule has 2 aromatic rings. The molecule has 1 fully saturated rings. The zero-order valence-corrected chi connectivity index (χ0v) is 16.4. The van der Waals surface area contributed by atoms with Crippen LogP contribution in [0.4, 0.5) is 0 Å². The van der Waals surface area contributed by atoms with Crippen LogP contribution in [0.2, 0.25) is 0 Å². The molecule has 4 radical (unpaired) electrons. The Labute approximate surface area is 169 Å². The van der Waals surface area contributed by atoms with Crippen LogP contribution in [0.15, 0.2) is 36.4 Å². The van der Waals surface area contributed by atoms with E-state index in [1.165, 1.54) is 11.1 Å². The fourth-order valence-corrected chi connectivity index (χ4v) is 4.42. The highest BCUT2D eigenvalue weighted by Crippen LogP contribution is 2.37. The first kappa shape index (κ1) is 19.8. The molecule has 2 aliphatic rings. The SMILES string of the molecule is [B]C([B])(c1ccc2c(c1)CC2)c1cc(C2CC(O)CC(CO)O2)ccc1CC. The average Bonchev–Trinajstić information content (AvgIpc) is 2.67. The van der Waals surface area contributed by atoms with Gasteiger partial charge in [-0.25, -0.2) is 0 Å². The molecule has 142 valence electrons. The fourth-order valence-electron chi connectivity index (χ4n) is 4.42. The molecule has 3 atom stereocenters. The number of fused-ring (bicyclic) bond motifs is 1. The van der Waals surface area contributed by atoms with Crippen molar-refractivity contribution in [2.24, 2.45) is 0 Å². The van der Waals surface area contributed by atoms with Gasteiger partial charge in [-0.1, -0.05) is 59.7 Å². The van der Waals surface area contributed by atoms with Gasteiger partial charge in [-0.2, -0.15) is 0 Å². The summed E-state index contributed by atoms with van der Waals surface area (Å²) in [5, 5.41) is 18.5. The average molecular weight is 372 g/mol. The number of rotatable bonds is 5. The summed E-state index contributed by atoms with van der Waals surface area (Å²) in [4.78, 5) is 0. The Bertz CT molecular complexity index is 865. The van der Waals surface area contributed by atoms with Crippen LogP contribution >= 0.6 is 0 Å². The van der Waals surface area contributed by atoms with E-state index in [-0.39, 0.29) is 18.8 Å². The predicted octanol–water partition coefficient (Wildman–Crippen LogP) is 2.46. The summed E-state index contributed by atoms with van der Waals surface area (Å²) >= 11 is 0. The van der Waals surface area contributed by atoms with Gasteiger partial charge in [0.2, 0.25) is 0 Å². The minimum absolute atomic E-state index is 0.0969. The third kappa shape index (κ3) is 3.56. The molecule has 28 heavy (non-hydrogen) atoms. The highest BCUT2D eigenvalue weighted by molar-refractivity contribution is 6.42. The van der Waals surface area contributed by atoms with Crippen LogP contribution in [0, 0.1) is 0 Å². The lowest BCUT2D eigenvalue weighted by Gasteiger charge is -2.35. The largest absolute Gasteiger partial charge is 0.394 e. The Hall–Kier alpha value is -1.55. The van der Waals surface area contributed by atoms with Gasteiger partial charge >= 0.3 is 0 Å². The van der Waals surface area contributed by atoms with E-state index in [1.807, 2.05) is 18.2 Å². The Balaban J connectivity index is 1.71. The summed E-state index contributed by atoms with van der Waals surface area (Å²) in [6, 6.07) is 12.4. The van der Waals surface area contributed by atoms with Crippen molar-refractivity contribution in [2.75, 3.05) is 6.61 Å². The lowest BCUT2D eigenvalue weighted by molar-refractivity contribution is -0.113. The molecule has 1 aliphatic heterocycles. The number of hydrogen-bond acceptors (Lipinski definition) is 3. The van der Waals surface area contributed by atoms with Crippen LogP contribution in [0.3, 0.4) is 0 Å². The zero-order chi connectivity index (χ0) is 19.9. The van der Waals surface area contributed by atoms with Crippen LogP contribution in [-0.2, 0) is 29.2 Å². The number of hydrogen-bond donors (Lipinski definition) is 2. The smallest absolute Gasteiger partial charge is 0.0854 e. The van der Waals surface area contributed by atoms with Crippen molar-refractivity contribution in [3.05, 3.63) is 69.8 Å². The third-order valence-electron chi connectivity index (χ3n) is 6.26. The number of aryl methyl sites for hydroxylation is 3. The summed E-state index contributed by atoms with van der Waals surface area (Å²) in [7, 11) is 13.4. The zero-order valence-electron chi connectivity index (χ0n) is 16.4. The van der Waals surface area contributed by atoms with Crippen LogP contribution in [0.1, 0.15) is 59.3 Å². The van der Waals surface area contributed by atoms with Gasteiger partial charge < -0.3 is 14.9 Å². The van der Waals surface area contributed by atoms with Crippen LogP contribution in [-0.4, -0.2) is 44.7 Å². The quantitative estimate of drug-likeness (QED) is 0.793. The van der Waals surface area contributed by atoms with E-state index in [9.17, 15) is 10.2 Å². The maximum atomic E-state index is 10.2. The molecule has 1 heterocycles. The second kappa shape index (κ2) is 7.70. The number of aliphatic hydroxyl groups is 2. The van der Waals surface area contributed by atoms with Crippen LogP contribution < -0.4 is 0 Å². The molecule has 1 aliphatic carbocycles. The molecule has 0 amide bonds. The van der Waals surface area contributed by atoms with Crippen molar-refractivity contribution in [2.45, 2.75) is 62.6 Å². The molecule has 1 saturated heterocycles. The second-order valence-corrected chi connectivity index (χ2v) is 8.18. The number of benzene rings is 2. The maximum absolute atomic E-state index is 10.2. The van der Waals surface area contributed by atoms with Crippen molar-refractivity contribution < 1.29 is 14.9 Å². The molecule has 3 nitrogen and oxygen atoms in total. The van der Waals surface area contributed by atoms with Crippen molar-refractivity contribution in [1.29, 1.82) is 0 Å². The van der Waals surface area contributed by atoms with Crippen molar-refractivity contribution >= 4 is 15.7 Å². The second-order valence-electron chi connectivity index (χ2n) is 8.18. The highest BCUT2D eigenvalue weighted by Gasteiger charge is 2.31. The van der Waals surface area contributed by atoms with Crippen LogP contribution in [0.25, 0.3) is 0 Å². The molecule has 4 rings (SSSR count). The molecule has 2 N–H and O–H groups in total. The molecule has 0 aromatic heterocycles. The molecule has 0 saturated carbocycles. The van der Waals surface area contributed by atoms with Gasteiger partial charge in [0.1, 0.15) is 0 Å². The van der Waals surface area contributed by atoms with Crippen molar-refractivity contribution in [1.82, 2.24) is 0 Å². The first-order chi connectivity index (χ1) is 13.4. The Morgan fingerprint density at radius 1 is 1.07 bits per heavy atom. The van der Waals surface area contributed by atoms with Gasteiger partial charge in [0.05, 0.1) is 40.6 Å². The summed E-state index contributed by atoms with van der Waals surface area (Å²) in [6.45, 7) is 2.00. The summed E-state index contributed by atoms with van der Waals surface area (Å²) < 4.78 is 5.99. The summed E-state index contributed by atoms with van der Waals surface area (Å²) in [5.41, 5.74) is 6.55. The number of aliphatic hydroxyl groups excluding tert-OH is 2. The van der Waals surface area contributed by atoms with Gasteiger partial charge in [0.15, 0.2) is 0 Å². The van der Waals surface area contributed by atoms with Gasteiger partial charge in [-0.15, -0.1) is 0 Å². The van der Waals surface area contributed by atoms with Crippen molar-refractivity contribution in [3.63, 3.8) is 0 Å². The minimum Gasteiger partial charge on any atom is -0.394 e. The highest BCUT2D eigenvalue weighted by atomic mass is 16.5. The van der Waals surface area contributed by atoms with Gasteiger partial charge in [-0.3, -0.25) is 0 Å². The van der Waals surface area contributed by atoms with Gasteiger partial charge in [0, 0.05) is 12.8 Å². The molecule has 3 unspecified atom stereocenters. The Morgan fingerprint density at radius 3 is 2.50 bits per heavy atom. The lowest BCUT2D eigenvalue weighted by Crippen LogP contribution is -2.34.